The van der Waals surface area contributed by atoms with Crippen molar-refractivity contribution in [2.45, 2.75) is 81.4 Å². The minimum Gasteiger partial charge on any atom is -0.329 e. The van der Waals surface area contributed by atoms with E-state index < -0.39 is 5.54 Å². The van der Waals surface area contributed by atoms with Gasteiger partial charge in [0.15, 0.2) is 0 Å². The average Bonchev–Trinajstić information content (AvgIpc) is 2.70. The molecule has 1 N–H and O–H groups in total. The van der Waals surface area contributed by atoms with Gasteiger partial charge in [-0.2, -0.15) is 5.26 Å². The Labute approximate surface area is 184 Å². The molecule has 3 heterocycles. The van der Waals surface area contributed by atoms with Gasteiger partial charge in [0.25, 0.3) is 5.91 Å². The molecule has 2 unspecified atom stereocenters. The molecular formula is C22H34ClN5O2. The molecule has 30 heavy (non-hydrogen) atoms. The Bertz CT molecular complexity index is 709. The van der Waals surface area contributed by atoms with Crippen molar-refractivity contribution in [3.05, 3.63) is 0 Å². The first-order chi connectivity index (χ1) is 14.3. The summed E-state index contributed by atoms with van der Waals surface area (Å²) in [6.07, 6.45) is 5.79. The average molecular weight is 436 g/mol. The van der Waals surface area contributed by atoms with Crippen molar-refractivity contribution in [2.24, 2.45) is 5.92 Å². The first kappa shape index (κ1) is 21.9. The van der Waals surface area contributed by atoms with Gasteiger partial charge >= 0.3 is 0 Å². The molecule has 3 saturated heterocycles. The lowest BCUT2D eigenvalue weighted by Gasteiger charge is -2.61. The van der Waals surface area contributed by atoms with Gasteiger partial charge in [-0.1, -0.05) is 0 Å². The van der Waals surface area contributed by atoms with Gasteiger partial charge in [0.1, 0.15) is 12.1 Å². The molecule has 0 aromatic rings. The SMILES string of the molecule is CC(C)N1CC(=O)N(CC2CCC(Cl)CC2)C2(CN(C3CCNC(C#N)C3)C2)C1=O. The predicted octanol–water partition coefficient (Wildman–Crippen LogP) is 1.56. The van der Waals surface area contributed by atoms with Crippen molar-refractivity contribution in [1.82, 2.24) is 20.0 Å². The van der Waals surface area contributed by atoms with E-state index in [1.165, 1.54) is 0 Å². The monoisotopic (exact) mass is 435 g/mol. The topological polar surface area (TPSA) is 79.7 Å². The number of nitrogens with zero attached hydrogens (tertiary/aromatic N) is 4. The van der Waals surface area contributed by atoms with Crippen LogP contribution in [-0.2, 0) is 9.59 Å². The van der Waals surface area contributed by atoms with Crippen LogP contribution < -0.4 is 5.32 Å². The highest BCUT2D eigenvalue weighted by Crippen LogP contribution is 2.39. The van der Waals surface area contributed by atoms with Crippen LogP contribution in [0, 0.1) is 17.2 Å². The number of amides is 2. The molecule has 7 nitrogen and oxygen atoms in total. The minimum atomic E-state index is -0.732. The molecular weight excluding hydrogens is 402 g/mol. The van der Waals surface area contributed by atoms with Crippen molar-refractivity contribution in [3.8, 4) is 6.07 Å². The lowest BCUT2D eigenvalue weighted by Crippen LogP contribution is -2.82. The van der Waals surface area contributed by atoms with Crippen LogP contribution in [-0.4, -0.2) is 88.3 Å². The zero-order chi connectivity index (χ0) is 21.5. The van der Waals surface area contributed by atoms with E-state index in [4.69, 9.17) is 11.6 Å². The van der Waals surface area contributed by atoms with Gasteiger partial charge in [-0.05, 0) is 64.8 Å². The fourth-order valence-electron chi connectivity index (χ4n) is 5.70. The van der Waals surface area contributed by atoms with Gasteiger partial charge in [0, 0.05) is 37.1 Å². The lowest BCUT2D eigenvalue weighted by molar-refractivity contribution is -0.184. The van der Waals surface area contributed by atoms with Gasteiger partial charge < -0.3 is 15.1 Å². The van der Waals surface area contributed by atoms with Crippen LogP contribution in [0.2, 0.25) is 0 Å². The minimum absolute atomic E-state index is 0.0167. The largest absolute Gasteiger partial charge is 0.329 e. The van der Waals surface area contributed by atoms with Crippen molar-refractivity contribution >= 4 is 23.4 Å². The number of piperidine rings is 1. The fourth-order valence-corrected chi connectivity index (χ4v) is 5.95. The van der Waals surface area contributed by atoms with Crippen LogP contribution in [0.25, 0.3) is 0 Å². The number of halogens is 1. The highest BCUT2D eigenvalue weighted by Gasteiger charge is 2.61. The predicted molar refractivity (Wildman–Crippen MR) is 115 cm³/mol. The summed E-state index contributed by atoms with van der Waals surface area (Å²) < 4.78 is 0. The van der Waals surface area contributed by atoms with E-state index in [-0.39, 0.29) is 35.8 Å². The number of hydrogen-bond donors (Lipinski definition) is 1. The number of alkyl halides is 1. The van der Waals surface area contributed by atoms with Gasteiger partial charge in [-0.3, -0.25) is 14.5 Å². The molecule has 8 heteroatoms. The maximum Gasteiger partial charge on any atom is 0.251 e. The smallest absolute Gasteiger partial charge is 0.251 e. The zero-order valence-corrected chi connectivity index (χ0v) is 18.9. The van der Waals surface area contributed by atoms with Crippen LogP contribution in [0.15, 0.2) is 0 Å². The molecule has 0 aromatic carbocycles. The molecule has 0 bridgehead atoms. The second kappa shape index (κ2) is 8.64. The first-order valence-corrected chi connectivity index (χ1v) is 11.9. The molecule has 0 radical (unpaired) electrons. The van der Waals surface area contributed by atoms with E-state index in [2.05, 4.69) is 16.3 Å². The molecule has 4 rings (SSSR count). The molecule has 4 aliphatic rings. The summed E-state index contributed by atoms with van der Waals surface area (Å²) in [5, 5.41) is 12.8. The van der Waals surface area contributed by atoms with Gasteiger partial charge in [0.2, 0.25) is 5.91 Å². The molecule has 2 atom stereocenters. The molecule has 3 aliphatic heterocycles. The van der Waals surface area contributed by atoms with Crippen molar-refractivity contribution in [2.75, 3.05) is 32.7 Å². The molecule has 1 aliphatic carbocycles. The zero-order valence-electron chi connectivity index (χ0n) is 18.1. The standard InChI is InChI=1S/C22H34ClN5O2/c1-15(2)27-12-20(29)28(11-16-3-5-17(23)6-4-16)22(21(27)30)13-26(14-22)19-7-8-25-18(9-19)10-24/h15-19,25H,3-9,11-14H2,1-2H3. The van der Waals surface area contributed by atoms with Crippen LogP contribution in [0.3, 0.4) is 0 Å². The number of carbonyl (C=O) groups excluding carboxylic acids is 2. The summed E-state index contributed by atoms with van der Waals surface area (Å²) in [4.78, 5) is 32.8. The Morgan fingerprint density at radius 3 is 2.53 bits per heavy atom. The summed E-state index contributed by atoms with van der Waals surface area (Å²) in [6, 6.07) is 2.51. The van der Waals surface area contributed by atoms with E-state index in [1.807, 2.05) is 18.7 Å². The highest BCUT2D eigenvalue weighted by atomic mass is 35.5. The molecule has 166 valence electrons. The number of hydrogen-bond acceptors (Lipinski definition) is 5. The van der Waals surface area contributed by atoms with E-state index in [0.717, 1.165) is 45.1 Å². The van der Waals surface area contributed by atoms with Crippen LogP contribution >= 0.6 is 11.6 Å². The molecule has 4 fully saturated rings. The third-order valence-electron chi connectivity index (χ3n) is 7.60. The number of rotatable bonds is 4. The van der Waals surface area contributed by atoms with E-state index >= 15 is 0 Å². The third kappa shape index (κ3) is 3.94. The lowest BCUT2D eigenvalue weighted by atomic mass is 9.79. The highest BCUT2D eigenvalue weighted by molar-refractivity contribution is 6.20. The Balaban J connectivity index is 1.51. The van der Waals surface area contributed by atoms with Gasteiger partial charge in [-0.15, -0.1) is 11.6 Å². The third-order valence-corrected chi connectivity index (χ3v) is 8.04. The normalized spacial score (nSPS) is 34.9. The Morgan fingerprint density at radius 2 is 1.90 bits per heavy atom. The van der Waals surface area contributed by atoms with Crippen molar-refractivity contribution in [3.63, 3.8) is 0 Å². The van der Waals surface area contributed by atoms with Crippen molar-refractivity contribution < 1.29 is 9.59 Å². The van der Waals surface area contributed by atoms with E-state index in [1.54, 1.807) is 4.90 Å². The van der Waals surface area contributed by atoms with Gasteiger partial charge in [-0.25, -0.2) is 0 Å². The Morgan fingerprint density at radius 1 is 1.20 bits per heavy atom. The number of nitriles is 1. The summed E-state index contributed by atoms with van der Waals surface area (Å²) in [7, 11) is 0. The molecule has 0 aromatic heterocycles. The number of carbonyl (C=O) groups is 2. The summed E-state index contributed by atoms with van der Waals surface area (Å²) >= 11 is 6.28. The summed E-state index contributed by atoms with van der Waals surface area (Å²) in [5.41, 5.74) is -0.732. The molecule has 2 amide bonds. The quantitative estimate of drug-likeness (QED) is 0.678. The van der Waals surface area contributed by atoms with Gasteiger partial charge in [0.05, 0.1) is 12.1 Å². The van der Waals surface area contributed by atoms with Crippen molar-refractivity contribution in [1.29, 1.82) is 5.26 Å². The second-order valence-corrected chi connectivity index (χ2v) is 10.5. The fraction of sp³-hybridized carbons (Fsp3) is 0.864. The molecule has 1 spiro atoms. The first-order valence-electron chi connectivity index (χ1n) is 11.5. The maximum atomic E-state index is 13.6. The Kier molecular flexibility index (Phi) is 6.30. The Hall–Kier alpha value is -1.36. The number of likely N-dealkylation sites (tertiary alicyclic amines) is 1. The van der Waals surface area contributed by atoms with Crippen LogP contribution in [0.4, 0.5) is 0 Å². The van der Waals surface area contributed by atoms with Crippen LogP contribution in [0.1, 0.15) is 52.4 Å². The summed E-state index contributed by atoms with van der Waals surface area (Å²) in [5.74, 6) is 0.608. The van der Waals surface area contributed by atoms with Crippen LogP contribution in [0.5, 0.6) is 0 Å². The number of nitrogens with one attached hydrogen (secondary N) is 1. The summed E-state index contributed by atoms with van der Waals surface area (Å²) in [6.45, 7) is 6.83. The number of piperazine rings is 1. The maximum absolute atomic E-state index is 13.6. The second-order valence-electron chi connectivity index (χ2n) is 9.90. The molecule has 1 saturated carbocycles. The van der Waals surface area contributed by atoms with E-state index in [9.17, 15) is 14.9 Å². The van der Waals surface area contributed by atoms with E-state index in [0.29, 0.717) is 31.6 Å².